The van der Waals surface area contributed by atoms with Crippen LogP contribution in [-0.4, -0.2) is 96.6 Å². The van der Waals surface area contributed by atoms with E-state index in [-0.39, 0.29) is 30.0 Å². The second-order valence-electron chi connectivity index (χ2n) is 15.9. The van der Waals surface area contributed by atoms with E-state index >= 15 is 0 Å². The molecule has 1 saturated carbocycles. The standard InChI is InChI=1S/C43H58N8O3/c1-5-49(6-2)34-21-19-33(20-22-34)42(52)51-24-8-10-39(51)41-45-26-36(47-41)32-17-13-30(14-18-32)29-11-15-31(16-12-29)35-25-44-40(46-35)38-9-7-23-50(38)27-37(28(3)4)48-43(53)54/h11-18,25-26,28,33-34,37-39,48H,5-10,19-24,27H2,1-4H3,(H,44,46)(H,45,47)(H,53,54)/t33?,34?,37-,38+,39+/m1/s1. The van der Waals surface area contributed by atoms with Crippen LogP contribution in [0.5, 0.6) is 0 Å². The third kappa shape index (κ3) is 8.27. The number of rotatable bonds is 13. The first kappa shape index (κ1) is 37.8. The molecule has 2 aromatic carbocycles. The monoisotopic (exact) mass is 734 g/mol. The quantitative estimate of drug-likeness (QED) is 0.109. The molecule has 3 atom stereocenters. The Kier molecular flexibility index (Phi) is 11.8. The third-order valence-electron chi connectivity index (χ3n) is 12.4. The molecule has 3 aliphatic rings. The zero-order chi connectivity index (χ0) is 37.8. The van der Waals surface area contributed by atoms with Gasteiger partial charge in [-0.25, -0.2) is 14.8 Å². The number of nitrogens with zero attached hydrogens (tertiary/aromatic N) is 5. The number of carbonyl (C=O) groups is 2. The molecule has 0 spiro atoms. The number of carbonyl (C=O) groups excluding carboxylic acids is 1. The summed E-state index contributed by atoms with van der Waals surface area (Å²) in [5, 5.41) is 12.0. The van der Waals surface area contributed by atoms with E-state index < -0.39 is 6.09 Å². The largest absolute Gasteiger partial charge is 0.465 e. The highest BCUT2D eigenvalue weighted by atomic mass is 16.4. The summed E-state index contributed by atoms with van der Waals surface area (Å²) in [6.45, 7) is 13.2. The molecular formula is C43H58N8O3. The predicted octanol–water partition coefficient (Wildman–Crippen LogP) is 8.13. The van der Waals surface area contributed by atoms with Gasteiger partial charge in [0.25, 0.3) is 0 Å². The highest BCUT2D eigenvalue weighted by molar-refractivity contribution is 5.80. The molecule has 2 aromatic heterocycles. The van der Waals surface area contributed by atoms with Crippen molar-refractivity contribution in [3.8, 4) is 33.6 Å². The van der Waals surface area contributed by atoms with Gasteiger partial charge >= 0.3 is 6.09 Å². The van der Waals surface area contributed by atoms with E-state index in [9.17, 15) is 14.7 Å². The fourth-order valence-electron chi connectivity index (χ4n) is 9.16. The number of nitrogens with one attached hydrogen (secondary N) is 3. The smallest absolute Gasteiger partial charge is 0.404 e. The Morgan fingerprint density at radius 2 is 1.30 bits per heavy atom. The average Bonchev–Trinajstić information content (AvgIpc) is 4.02. The summed E-state index contributed by atoms with van der Waals surface area (Å²) in [4.78, 5) is 48.8. The molecule has 7 rings (SSSR count). The topological polar surface area (TPSA) is 133 Å². The number of amides is 2. The molecule has 4 heterocycles. The number of imidazole rings is 2. The van der Waals surface area contributed by atoms with Gasteiger partial charge in [-0.1, -0.05) is 76.2 Å². The lowest BCUT2D eigenvalue weighted by Gasteiger charge is -2.37. The Morgan fingerprint density at radius 3 is 1.83 bits per heavy atom. The minimum absolute atomic E-state index is 0.0194. The van der Waals surface area contributed by atoms with Crippen LogP contribution in [0.2, 0.25) is 0 Å². The van der Waals surface area contributed by atoms with Crippen LogP contribution in [0, 0.1) is 11.8 Å². The Labute approximate surface area is 320 Å². The predicted molar refractivity (Wildman–Crippen MR) is 213 cm³/mol. The molecule has 4 aromatic rings. The summed E-state index contributed by atoms with van der Waals surface area (Å²) < 4.78 is 0. The van der Waals surface area contributed by atoms with E-state index in [4.69, 9.17) is 9.97 Å². The Balaban J connectivity index is 0.962. The zero-order valence-corrected chi connectivity index (χ0v) is 32.4. The van der Waals surface area contributed by atoms with Crippen molar-refractivity contribution in [1.29, 1.82) is 0 Å². The molecule has 0 radical (unpaired) electrons. The second kappa shape index (κ2) is 16.9. The molecule has 0 unspecified atom stereocenters. The molecule has 4 N–H and O–H groups in total. The molecule has 3 fully saturated rings. The van der Waals surface area contributed by atoms with Crippen molar-refractivity contribution in [1.82, 2.24) is 40.0 Å². The molecule has 11 heteroatoms. The van der Waals surface area contributed by atoms with Crippen molar-refractivity contribution in [3.63, 3.8) is 0 Å². The number of H-pyrrole nitrogens is 2. The maximum absolute atomic E-state index is 13.7. The highest BCUT2D eigenvalue weighted by Gasteiger charge is 2.38. The van der Waals surface area contributed by atoms with Gasteiger partial charge in [-0.2, -0.15) is 0 Å². The SMILES string of the molecule is CCN(CC)C1CCC(C(=O)N2CCC[C@H]2c2ncc(-c3ccc(-c4ccc(-c5cnc([C@@H]6CCCN6C[C@@H](NC(=O)O)C(C)C)[nH]5)cc4)cc3)[nH]2)CC1. The summed E-state index contributed by atoms with van der Waals surface area (Å²) in [5.74, 6) is 2.48. The average molecular weight is 735 g/mol. The van der Waals surface area contributed by atoms with Crippen molar-refractivity contribution in [2.24, 2.45) is 11.8 Å². The first-order valence-corrected chi connectivity index (χ1v) is 20.3. The van der Waals surface area contributed by atoms with Gasteiger partial charge in [0.05, 0.1) is 35.9 Å². The van der Waals surface area contributed by atoms with E-state index in [1.54, 1.807) is 0 Å². The van der Waals surface area contributed by atoms with E-state index in [0.29, 0.717) is 18.5 Å². The van der Waals surface area contributed by atoms with Gasteiger partial charge in [-0.3, -0.25) is 9.69 Å². The van der Waals surface area contributed by atoms with Gasteiger partial charge < -0.3 is 30.2 Å². The minimum atomic E-state index is -0.977. The van der Waals surface area contributed by atoms with Crippen LogP contribution in [0.1, 0.15) is 103 Å². The Hall–Kier alpha value is -4.48. The lowest BCUT2D eigenvalue weighted by molar-refractivity contribution is -0.138. The summed E-state index contributed by atoms with van der Waals surface area (Å²) in [5.41, 5.74) is 6.36. The van der Waals surface area contributed by atoms with Gasteiger partial charge in [0.15, 0.2) is 0 Å². The fourth-order valence-corrected chi connectivity index (χ4v) is 9.16. The number of aromatic nitrogens is 4. The number of benzene rings is 2. The summed E-state index contributed by atoms with van der Waals surface area (Å²) in [6.07, 6.45) is 11.1. The van der Waals surface area contributed by atoms with Crippen LogP contribution in [0.3, 0.4) is 0 Å². The molecule has 1 aliphatic carbocycles. The lowest BCUT2D eigenvalue weighted by atomic mass is 9.84. The minimum Gasteiger partial charge on any atom is -0.465 e. The Morgan fingerprint density at radius 1 is 0.778 bits per heavy atom. The number of carboxylic acid groups (broad SMARTS) is 1. The van der Waals surface area contributed by atoms with Crippen LogP contribution >= 0.6 is 0 Å². The molecule has 54 heavy (non-hydrogen) atoms. The van der Waals surface area contributed by atoms with Gasteiger partial charge in [0.2, 0.25) is 5.91 Å². The molecule has 0 bridgehead atoms. The Bertz CT molecular complexity index is 1840. The van der Waals surface area contributed by atoms with Crippen molar-refractivity contribution in [2.45, 2.75) is 103 Å². The molecule has 11 nitrogen and oxygen atoms in total. The van der Waals surface area contributed by atoms with Crippen molar-refractivity contribution >= 4 is 12.0 Å². The molecular weight excluding hydrogens is 677 g/mol. The number of hydrogen-bond acceptors (Lipinski definition) is 6. The first-order chi connectivity index (χ1) is 26.2. The van der Waals surface area contributed by atoms with Crippen molar-refractivity contribution in [2.75, 3.05) is 32.7 Å². The molecule has 2 saturated heterocycles. The molecule has 2 aliphatic heterocycles. The van der Waals surface area contributed by atoms with E-state index in [1.165, 1.54) is 0 Å². The van der Waals surface area contributed by atoms with Crippen LogP contribution in [0.4, 0.5) is 4.79 Å². The van der Waals surface area contributed by atoms with Gasteiger partial charge in [-0.15, -0.1) is 0 Å². The normalized spacial score (nSPS) is 22.7. The lowest BCUT2D eigenvalue weighted by Crippen LogP contribution is -2.46. The number of likely N-dealkylation sites (tertiary alicyclic amines) is 2. The fraction of sp³-hybridized carbons (Fsp3) is 0.535. The van der Waals surface area contributed by atoms with E-state index in [0.717, 1.165) is 123 Å². The first-order valence-electron chi connectivity index (χ1n) is 20.3. The summed E-state index contributed by atoms with van der Waals surface area (Å²) >= 11 is 0. The zero-order valence-electron chi connectivity index (χ0n) is 32.4. The number of aromatic amines is 2. The van der Waals surface area contributed by atoms with Crippen molar-refractivity contribution < 1.29 is 14.7 Å². The van der Waals surface area contributed by atoms with Crippen molar-refractivity contribution in [3.05, 3.63) is 72.6 Å². The number of hydrogen-bond donors (Lipinski definition) is 4. The van der Waals surface area contributed by atoms with Crippen LogP contribution in [-0.2, 0) is 4.79 Å². The van der Waals surface area contributed by atoms with E-state index in [1.807, 2.05) is 12.4 Å². The van der Waals surface area contributed by atoms with Crippen LogP contribution in [0.15, 0.2) is 60.9 Å². The third-order valence-corrected chi connectivity index (χ3v) is 12.4. The highest BCUT2D eigenvalue weighted by Crippen LogP contribution is 2.37. The van der Waals surface area contributed by atoms with Gasteiger partial charge in [0.1, 0.15) is 11.6 Å². The summed E-state index contributed by atoms with van der Waals surface area (Å²) in [6, 6.07) is 17.8. The van der Waals surface area contributed by atoms with E-state index in [2.05, 4.69) is 106 Å². The summed E-state index contributed by atoms with van der Waals surface area (Å²) in [7, 11) is 0. The van der Waals surface area contributed by atoms with Gasteiger partial charge in [-0.05, 0) is 99.2 Å². The van der Waals surface area contributed by atoms with Crippen LogP contribution in [0.25, 0.3) is 33.6 Å². The second-order valence-corrected chi connectivity index (χ2v) is 15.9. The maximum atomic E-state index is 13.7. The van der Waals surface area contributed by atoms with Gasteiger partial charge in [0, 0.05) is 31.1 Å². The molecule has 2 amide bonds. The van der Waals surface area contributed by atoms with Crippen LogP contribution < -0.4 is 5.32 Å². The maximum Gasteiger partial charge on any atom is 0.404 e. The molecule has 288 valence electrons.